The highest BCUT2D eigenvalue weighted by Gasteiger charge is 2.41. The van der Waals surface area contributed by atoms with Crippen LogP contribution >= 0.6 is 0 Å². The summed E-state index contributed by atoms with van der Waals surface area (Å²) in [6.07, 6.45) is 5.13. The molecule has 1 aliphatic carbocycles. The Kier molecular flexibility index (Phi) is 3.50. The van der Waals surface area contributed by atoms with Crippen LogP contribution in [0.2, 0.25) is 0 Å². The molecule has 2 N–H and O–H groups in total. The standard InChI is InChI=1S/C13H19N3O2/c1-9-10(2)16-11(7-14-9)15-8-13(12(17)18)5-3-4-6-13/h7H,3-6,8H2,1-2H3,(H,15,16)(H,17,18). The highest BCUT2D eigenvalue weighted by molar-refractivity contribution is 5.75. The van der Waals surface area contributed by atoms with E-state index in [-0.39, 0.29) is 0 Å². The molecule has 1 aliphatic rings. The van der Waals surface area contributed by atoms with Gasteiger partial charge in [0.05, 0.1) is 23.0 Å². The van der Waals surface area contributed by atoms with Gasteiger partial charge in [0.25, 0.3) is 0 Å². The van der Waals surface area contributed by atoms with E-state index in [1.807, 2.05) is 13.8 Å². The van der Waals surface area contributed by atoms with E-state index < -0.39 is 11.4 Å². The number of aromatic nitrogens is 2. The van der Waals surface area contributed by atoms with Crippen molar-refractivity contribution in [1.82, 2.24) is 9.97 Å². The van der Waals surface area contributed by atoms with Gasteiger partial charge in [0, 0.05) is 6.54 Å². The summed E-state index contributed by atoms with van der Waals surface area (Å²) < 4.78 is 0. The lowest BCUT2D eigenvalue weighted by Crippen LogP contribution is -2.35. The lowest BCUT2D eigenvalue weighted by molar-refractivity contribution is -0.147. The summed E-state index contributed by atoms with van der Waals surface area (Å²) in [6, 6.07) is 0. The van der Waals surface area contributed by atoms with Gasteiger partial charge in [0.2, 0.25) is 0 Å². The van der Waals surface area contributed by atoms with E-state index in [0.717, 1.165) is 37.1 Å². The third-order valence-electron chi connectivity index (χ3n) is 3.81. The molecule has 1 aromatic rings. The second-order valence-corrected chi connectivity index (χ2v) is 5.07. The fraction of sp³-hybridized carbons (Fsp3) is 0.615. The number of nitrogens with one attached hydrogen (secondary N) is 1. The van der Waals surface area contributed by atoms with Crippen molar-refractivity contribution in [3.8, 4) is 0 Å². The van der Waals surface area contributed by atoms with Crippen LogP contribution in [0.25, 0.3) is 0 Å². The van der Waals surface area contributed by atoms with Crippen molar-refractivity contribution in [3.05, 3.63) is 17.6 Å². The van der Waals surface area contributed by atoms with Crippen LogP contribution in [0.3, 0.4) is 0 Å². The Hall–Kier alpha value is -1.65. The Morgan fingerprint density at radius 1 is 1.39 bits per heavy atom. The summed E-state index contributed by atoms with van der Waals surface area (Å²) in [5.41, 5.74) is 1.14. The molecule has 0 aromatic carbocycles. The number of aryl methyl sites for hydroxylation is 2. The Morgan fingerprint density at radius 2 is 2.06 bits per heavy atom. The minimum absolute atomic E-state index is 0.430. The summed E-state index contributed by atoms with van der Waals surface area (Å²) in [7, 11) is 0. The first kappa shape index (κ1) is 12.8. The van der Waals surface area contributed by atoms with Crippen LogP contribution in [-0.2, 0) is 4.79 Å². The molecule has 1 saturated carbocycles. The number of carboxylic acid groups (broad SMARTS) is 1. The van der Waals surface area contributed by atoms with Gasteiger partial charge >= 0.3 is 5.97 Å². The molecular formula is C13H19N3O2. The average molecular weight is 249 g/mol. The minimum atomic E-state index is -0.704. The molecule has 0 saturated heterocycles. The van der Waals surface area contributed by atoms with Crippen LogP contribution in [0, 0.1) is 19.3 Å². The Labute approximate surface area is 107 Å². The summed E-state index contributed by atoms with van der Waals surface area (Å²) in [6.45, 7) is 4.23. The van der Waals surface area contributed by atoms with E-state index in [2.05, 4.69) is 15.3 Å². The van der Waals surface area contributed by atoms with E-state index in [0.29, 0.717) is 12.4 Å². The molecule has 18 heavy (non-hydrogen) atoms. The monoisotopic (exact) mass is 249 g/mol. The number of anilines is 1. The number of aliphatic carboxylic acids is 1. The lowest BCUT2D eigenvalue weighted by atomic mass is 9.86. The maximum Gasteiger partial charge on any atom is 0.311 e. The lowest BCUT2D eigenvalue weighted by Gasteiger charge is -2.24. The van der Waals surface area contributed by atoms with Crippen molar-refractivity contribution >= 4 is 11.8 Å². The number of hydrogen-bond donors (Lipinski definition) is 2. The first-order valence-corrected chi connectivity index (χ1v) is 6.31. The van der Waals surface area contributed by atoms with Gasteiger partial charge in [-0.3, -0.25) is 9.78 Å². The third-order valence-corrected chi connectivity index (χ3v) is 3.81. The Balaban J connectivity index is 2.05. The van der Waals surface area contributed by atoms with Crippen LogP contribution in [-0.4, -0.2) is 27.6 Å². The molecule has 1 heterocycles. The van der Waals surface area contributed by atoms with Gasteiger partial charge in [0.15, 0.2) is 0 Å². The average Bonchev–Trinajstić information content (AvgIpc) is 2.81. The van der Waals surface area contributed by atoms with Crippen molar-refractivity contribution in [1.29, 1.82) is 0 Å². The van der Waals surface area contributed by atoms with Crippen LogP contribution in [0.5, 0.6) is 0 Å². The van der Waals surface area contributed by atoms with E-state index in [9.17, 15) is 9.90 Å². The topological polar surface area (TPSA) is 75.1 Å². The predicted molar refractivity (Wildman–Crippen MR) is 68.5 cm³/mol. The maximum atomic E-state index is 11.4. The summed E-state index contributed by atoms with van der Waals surface area (Å²) in [5.74, 6) is -0.0464. The smallest absolute Gasteiger partial charge is 0.311 e. The molecule has 1 aromatic heterocycles. The van der Waals surface area contributed by atoms with Gasteiger partial charge in [0.1, 0.15) is 5.82 Å². The molecule has 0 spiro atoms. The fourth-order valence-electron chi connectivity index (χ4n) is 2.40. The van der Waals surface area contributed by atoms with Crippen molar-refractivity contribution in [2.24, 2.45) is 5.41 Å². The van der Waals surface area contributed by atoms with Crippen molar-refractivity contribution in [2.75, 3.05) is 11.9 Å². The zero-order valence-corrected chi connectivity index (χ0v) is 10.9. The first-order valence-electron chi connectivity index (χ1n) is 6.31. The molecule has 0 unspecified atom stereocenters. The van der Waals surface area contributed by atoms with Gasteiger partial charge in [-0.15, -0.1) is 0 Å². The SMILES string of the molecule is Cc1ncc(NCC2(C(=O)O)CCCC2)nc1C. The second-order valence-electron chi connectivity index (χ2n) is 5.07. The van der Waals surface area contributed by atoms with Gasteiger partial charge < -0.3 is 10.4 Å². The molecule has 98 valence electrons. The number of carboxylic acids is 1. The molecule has 0 aliphatic heterocycles. The van der Waals surface area contributed by atoms with Crippen molar-refractivity contribution in [2.45, 2.75) is 39.5 Å². The highest BCUT2D eigenvalue weighted by Crippen LogP contribution is 2.38. The molecule has 0 bridgehead atoms. The normalized spacial score (nSPS) is 17.7. The Bertz CT molecular complexity index is 454. The van der Waals surface area contributed by atoms with Gasteiger partial charge in [-0.25, -0.2) is 4.98 Å². The predicted octanol–water partition coefficient (Wildman–Crippen LogP) is 2.15. The van der Waals surface area contributed by atoms with Gasteiger partial charge in [-0.1, -0.05) is 12.8 Å². The molecular weight excluding hydrogens is 230 g/mol. The zero-order chi connectivity index (χ0) is 13.2. The maximum absolute atomic E-state index is 11.4. The molecule has 0 atom stereocenters. The minimum Gasteiger partial charge on any atom is -0.481 e. The number of nitrogens with zero attached hydrogens (tertiary/aromatic N) is 2. The quantitative estimate of drug-likeness (QED) is 0.855. The van der Waals surface area contributed by atoms with E-state index in [1.165, 1.54) is 0 Å². The van der Waals surface area contributed by atoms with Crippen LogP contribution in [0.15, 0.2) is 6.20 Å². The second kappa shape index (κ2) is 4.92. The largest absolute Gasteiger partial charge is 0.481 e. The molecule has 2 rings (SSSR count). The van der Waals surface area contributed by atoms with Gasteiger partial charge in [-0.05, 0) is 26.7 Å². The Morgan fingerprint density at radius 3 is 2.61 bits per heavy atom. The van der Waals surface area contributed by atoms with Crippen molar-refractivity contribution < 1.29 is 9.90 Å². The van der Waals surface area contributed by atoms with E-state index >= 15 is 0 Å². The fourth-order valence-corrected chi connectivity index (χ4v) is 2.40. The first-order chi connectivity index (χ1) is 8.53. The number of rotatable bonds is 4. The third kappa shape index (κ3) is 2.44. The summed E-state index contributed by atoms with van der Waals surface area (Å²) in [5, 5.41) is 12.5. The van der Waals surface area contributed by atoms with Crippen LogP contribution in [0.4, 0.5) is 5.82 Å². The molecule has 5 nitrogen and oxygen atoms in total. The van der Waals surface area contributed by atoms with Crippen LogP contribution < -0.4 is 5.32 Å². The van der Waals surface area contributed by atoms with E-state index in [4.69, 9.17) is 0 Å². The van der Waals surface area contributed by atoms with E-state index in [1.54, 1.807) is 6.20 Å². The molecule has 0 radical (unpaired) electrons. The van der Waals surface area contributed by atoms with Crippen LogP contribution in [0.1, 0.15) is 37.1 Å². The summed E-state index contributed by atoms with van der Waals surface area (Å²) >= 11 is 0. The molecule has 5 heteroatoms. The molecule has 0 amide bonds. The zero-order valence-electron chi connectivity index (χ0n) is 10.9. The number of hydrogen-bond acceptors (Lipinski definition) is 4. The molecule has 1 fully saturated rings. The summed E-state index contributed by atoms with van der Waals surface area (Å²) in [4.78, 5) is 20.0. The number of carbonyl (C=O) groups is 1. The van der Waals surface area contributed by atoms with Gasteiger partial charge in [-0.2, -0.15) is 0 Å². The van der Waals surface area contributed by atoms with Crippen molar-refractivity contribution in [3.63, 3.8) is 0 Å². The highest BCUT2D eigenvalue weighted by atomic mass is 16.4.